The highest BCUT2D eigenvalue weighted by Gasteiger charge is 2.06. The summed E-state index contributed by atoms with van der Waals surface area (Å²) < 4.78 is 20.4. The van der Waals surface area contributed by atoms with Crippen molar-refractivity contribution in [3.05, 3.63) is 34.4 Å². The molecule has 0 fully saturated rings. The highest BCUT2D eigenvalue weighted by molar-refractivity contribution is 7.75. The second kappa shape index (κ2) is 5.42. The van der Waals surface area contributed by atoms with Gasteiger partial charge in [-0.15, -0.1) is 0 Å². The zero-order chi connectivity index (χ0) is 11.3. The summed E-state index contributed by atoms with van der Waals surface area (Å²) in [5.74, 6) is 0.257. The van der Waals surface area contributed by atoms with Crippen LogP contribution in [0.15, 0.2) is 24.3 Å². The minimum absolute atomic E-state index is 0.0513. The topological polar surface area (TPSA) is 78.7 Å². The molecule has 15 heavy (non-hydrogen) atoms. The van der Waals surface area contributed by atoms with Gasteiger partial charge in [0.2, 0.25) is 0 Å². The number of hydrogen-bond donors (Lipinski definition) is 0. The lowest BCUT2D eigenvalue weighted by Crippen LogP contribution is -2.04. The van der Waals surface area contributed by atoms with E-state index >= 15 is 0 Å². The van der Waals surface area contributed by atoms with Gasteiger partial charge in [0.25, 0.3) is 5.69 Å². The molecule has 0 bridgehead atoms. The SMILES string of the molecule is CCOS(=O)Oc1ccc([N+](=O)[O-])cc1. The molecule has 0 saturated heterocycles. The molecule has 0 aliphatic rings. The molecule has 0 aliphatic carbocycles. The van der Waals surface area contributed by atoms with E-state index < -0.39 is 16.3 Å². The van der Waals surface area contributed by atoms with E-state index in [0.29, 0.717) is 0 Å². The summed E-state index contributed by atoms with van der Waals surface area (Å²) in [6.07, 6.45) is 0. The van der Waals surface area contributed by atoms with Gasteiger partial charge in [0.15, 0.2) is 0 Å². The average Bonchev–Trinajstić information content (AvgIpc) is 2.18. The highest BCUT2D eigenvalue weighted by atomic mass is 32.2. The Bertz CT molecular complexity index is 364. The minimum Gasteiger partial charge on any atom is -0.380 e. The molecule has 1 aromatic carbocycles. The Balaban J connectivity index is 2.64. The molecule has 7 heteroatoms. The van der Waals surface area contributed by atoms with Gasteiger partial charge >= 0.3 is 11.4 Å². The molecule has 1 unspecified atom stereocenters. The first-order chi connectivity index (χ1) is 7.13. The Hall–Kier alpha value is -1.47. The van der Waals surface area contributed by atoms with Crippen LogP contribution in [0.5, 0.6) is 5.75 Å². The number of hydrogen-bond acceptors (Lipinski definition) is 5. The van der Waals surface area contributed by atoms with Gasteiger partial charge in [0.05, 0.1) is 11.5 Å². The standard InChI is InChI=1S/C8H9NO5S/c1-2-13-15(12)14-8-5-3-7(4-6-8)9(10)11/h3-6H,2H2,1H3. The Morgan fingerprint density at radius 2 is 2.00 bits per heavy atom. The smallest absolute Gasteiger partial charge is 0.360 e. The van der Waals surface area contributed by atoms with E-state index in [2.05, 4.69) is 4.18 Å². The number of nitro groups is 1. The van der Waals surface area contributed by atoms with Crippen molar-refractivity contribution >= 4 is 17.0 Å². The van der Waals surface area contributed by atoms with Crippen molar-refractivity contribution in [1.82, 2.24) is 0 Å². The fourth-order valence-electron chi connectivity index (χ4n) is 0.822. The maximum atomic E-state index is 11.0. The molecule has 0 heterocycles. The fraction of sp³-hybridized carbons (Fsp3) is 0.250. The van der Waals surface area contributed by atoms with Crippen LogP contribution in [0.4, 0.5) is 5.69 Å². The summed E-state index contributed by atoms with van der Waals surface area (Å²) in [5.41, 5.74) is -0.0513. The van der Waals surface area contributed by atoms with Gasteiger partial charge in [-0.05, 0) is 19.1 Å². The van der Waals surface area contributed by atoms with Crippen LogP contribution >= 0.6 is 0 Å². The predicted octanol–water partition coefficient (Wildman–Crippen LogP) is 1.59. The Morgan fingerprint density at radius 1 is 1.40 bits per heavy atom. The zero-order valence-electron chi connectivity index (χ0n) is 7.91. The van der Waals surface area contributed by atoms with Crippen LogP contribution in [0.3, 0.4) is 0 Å². The molecule has 0 amide bonds. The number of rotatable bonds is 5. The number of nitro benzene ring substituents is 1. The van der Waals surface area contributed by atoms with Crippen LogP contribution < -0.4 is 4.18 Å². The first-order valence-electron chi connectivity index (χ1n) is 4.11. The van der Waals surface area contributed by atoms with E-state index in [1.165, 1.54) is 24.3 Å². The van der Waals surface area contributed by atoms with Crippen LogP contribution in [0.25, 0.3) is 0 Å². The summed E-state index contributed by atoms with van der Waals surface area (Å²) in [7, 11) is 0. The number of nitrogens with zero attached hydrogens (tertiary/aromatic N) is 1. The van der Waals surface area contributed by atoms with E-state index in [9.17, 15) is 14.3 Å². The molecule has 1 aromatic rings. The third-order valence-electron chi connectivity index (χ3n) is 1.43. The first-order valence-corrected chi connectivity index (χ1v) is 5.11. The lowest BCUT2D eigenvalue weighted by atomic mass is 10.3. The summed E-state index contributed by atoms with van der Waals surface area (Å²) in [6, 6.07) is 5.24. The van der Waals surface area contributed by atoms with Crippen molar-refractivity contribution in [2.24, 2.45) is 0 Å². The molecule has 0 aliphatic heterocycles. The third kappa shape index (κ3) is 3.64. The molecule has 0 radical (unpaired) electrons. The normalized spacial score (nSPS) is 12.1. The van der Waals surface area contributed by atoms with Gasteiger partial charge in [-0.2, -0.15) is 4.21 Å². The summed E-state index contributed by atoms with van der Waals surface area (Å²) in [5, 5.41) is 10.3. The maximum absolute atomic E-state index is 11.0. The largest absolute Gasteiger partial charge is 0.380 e. The van der Waals surface area contributed by atoms with Crippen molar-refractivity contribution in [2.75, 3.05) is 6.61 Å². The molecule has 0 aromatic heterocycles. The monoisotopic (exact) mass is 231 g/mol. The van der Waals surface area contributed by atoms with Crippen LogP contribution in [0, 0.1) is 10.1 Å². The van der Waals surface area contributed by atoms with Gasteiger partial charge in [-0.1, -0.05) is 0 Å². The zero-order valence-corrected chi connectivity index (χ0v) is 8.73. The van der Waals surface area contributed by atoms with Gasteiger partial charge < -0.3 is 4.18 Å². The van der Waals surface area contributed by atoms with Crippen LogP contribution in [-0.4, -0.2) is 15.7 Å². The number of benzene rings is 1. The molecule has 1 rings (SSSR count). The van der Waals surface area contributed by atoms with Gasteiger partial charge in [0.1, 0.15) is 5.75 Å². The van der Waals surface area contributed by atoms with E-state index in [0.717, 1.165) is 0 Å². The van der Waals surface area contributed by atoms with E-state index in [4.69, 9.17) is 4.18 Å². The Morgan fingerprint density at radius 3 is 2.47 bits per heavy atom. The first kappa shape index (κ1) is 11.6. The highest BCUT2D eigenvalue weighted by Crippen LogP contribution is 2.18. The third-order valence-corrected chi connectivity index (χ3v) is 2.18. The molecule has 0 saturated carbocycles. The fourth-order valence-corrected chi connectivity index (χ4v) is 1.33. The molecule has 6 nitrogen and oxygen atoms in total. The summed E-state index contributed by atoms with van der Waals surface area (Å²) >= 11 is -1.86. The quantitative estimate of drug-likeness (QED) is 0.568. The Kier molecular flexibility index (Phi) is 4.19. The van der Waals surface area contributed by atoms with Crippen molar-refractivity contribution in [1.29, 1.82) is 0 Å². The minimum atomic E-state index is -1.86. The molecular weight excluding hydrogens is 222 g/mol. The van der Waals surface area contributed by atoms with Gasteiger partial charge in [0, 0.05) is 12.1 Å². The predicted molar refractivity (Wildman–Crippen MR) is 53.5 cm³/mol. The van der Waals surface area contributed by atoms with Crippen LogP contribution in [-0.2, 0) is 15.5 Å². The van der Waals surface area contributed by atoms with Crippen molar-refractivity contribution in [3.63, 3.8) is 0 Å². The van der Waals surface area contributed by atoms with Gasteiger partial charge in [-0.3, -0.25) is 14.3 Å². The van der Waals surface area contributed by atoms with E-state index in [1.807, 2.05) is 0 Å². The van der Waals surface area contributed by atoms with Crippen LogP contribution in [0.1, 0.15) is 6.92 Å². The van der Waals surface area contributed by atoms with E-state index in [1.54, 1.807) is 6.92 Å². The second-order valence-electron chi connectivity index (χ2n) is 2.44. The van der Waals surface area contributed by atoms with Crippen molar-refractivity contribution in [3.8, 4) is 5.75 Å². The lowest BCUT2D eigenvalue weighted by molar-refractivity contribution is -0.384. The molecular formula is C8H9NO5S. The van der Waals surface area contributed by atoms with E-state index in [-0.39, 0.29) is 18.0 Å². The molecule has 0 N–H and O–H groups in total. The average molecular weight is 231 g/mol. The van der Waals surface area contributed by atoms with Crippen molar-refractivity contribution in [2.45, 2.75) is 6.92 Å². The summed E-state index contributed by atoms with van der Waals surface area (Å²) in [4.78, 5) is 9.79. The van der Waals surface area contributed by atoms with Crippen molar-refractivity contribution < 1.29 is 17.5 Å². The maximum Gasteiger partial charge on any atom is 0.360 e. The summed E-state index contributed by atoms with van der Waals surface area (Å²) in [6.45, 7) is 1.94. The molecule has 1 atom stereocenters. The Labute approximate surface area is 88.8 Å². The van der Waals surface area contributed by atoms with Crippen LogP contribution in [0.2, 0.25) is 0 Å². The second-order valence-corrected chi connectivity index (χ2v) is 3.26. The van der Waals surface area contributed by atoms with Gasteiger partial charge in [-0.25, -0.2) is 0 Å². The molecule has 82 valence electrons. The lowest BCUT2D eigenvalue weighted by Gasteiger charge is -2.02. The molecule has 0 spiro atoms. The number of non-ortho nitro benzene ring substituents is 1.